The lowest BCUT2D eigenvalue weighted by Gasteiger charge is -2.34. The normalized spacial score (nSPS) is 22.1. The van der Waals surface area contributed by atoms with E-state index in [-0.39, 0.29) is 11.0 Å². The van der Waals surface area contributed by atoms with Gasteiger partial charge in [0.15, 0.2) is 0 Å². The molecule has 1 spiro atoms. The van der Waals surface area contributed by atoms with Crippen molar-refractivity contribution >= 4 is 18.2 Å². The Morgan fingerprint density at radius 3 is 2.81 bits per heavy atom. The third-order valence-corrected chi connectivity index (χ3v) is 4.38. The molecule has 0 bridgehead atoms. The zero-order valence-corrected chi connectivity index (χ0v) is 11.3. The molecule has 21 heavy (non-hydrogen) atoms. The van der Waals surface area contributed by atoms with Gasteiger partial charge in [0.25, 0.3) is 5.56 Å². The summed E-state index contributed by atoms with van der Waals surface area (Å²) in [5.41, 5.74) is 1.49. The maximum atomic E-state index is 11.9. The summed E-state index contributed by atoms with van der Waals surface area (Å²) >= 11 is 0. The predicted molar refractivity (Wildman–Crippen MR) is 82.3 cm³/mol. The number of allylic oxidation sites excluding steroid dienone is 1. The highest BCUT2D eigenvalue weighted by molar-refractivity contribution is 5.66. The Morgan fingerprint density at radius 1 is 1.05 bits per heavy atom. The van der Waals surface area contributed by atoms with Crippen molar-refractivity contribution in [3.8, 4) is 0 Å². The van der Waals surface area contributed by atoms with Crippen LogP contribution in [0.25, 0.3) is 18.2 Å². The van der Waals surface area contributed by atoms with Gasteiger partial charge in [-0.05, 0) is 30.0 Å². The Morgan fingerprint density at radius 2 is 1.90 bits per heavy atom. The topological polar surface area (TPSA) is 65.7 Å². The molecule has 2 N–H and O–H groups in total. The van der Waals surface area contributed by atoms with Crippen LogP contribution in [0.1, 0.15) is 24.0 Å². The monoisotopic (exact) mass is 278 g/mol. The van der Waals surface area contributed by atoms with Gasteiger partial charge < -0.3 is 4.98 Å². The minimum Gasteiger partial charge on any atom is -0.307 e. The van der Waals surface area contributed by atoms with E-state index in [1.807, 2.05) is 24.3 Å². The molecule has 0 radical (unpaired) electrons. The number of H-pyrrole nitrogens is 2. The third-order valence-electron chi connectivity index (χ3n) is 4.38. The van der Waals surface area contributed by atoms with E-state index in [0.29, 0.717) is 10.6 Å². The Balaban J connectivity index is 2.05. The van der Waals surface area contributed by atoms with Crippen molar-refractivity contribution in [2.75, 3.05) is 0 Å². The van der Waals surface area contributed by atoms with Crippen LogP contribution in [-0.2, 0) is 5.41 Å². The molecule has 2 aliphatic carbocycles. The maximum Gasteiger partial charge on any atom is 0.326 e. The average Bonchev–Trinajstić information content (AvgIpc) is 2.47. The van der Waals surface area contributed by atoms with E-state index >= 15 is 0 Å². The van der Waals surface area contributed by atoms with Gasteiger partial charge in [0, 0.05) is 5.41 Å². The van der Waals surface area contributed by atoms with Gasteiger partial charge in [0.05, 0.1) is 10.6 Å². The van der Waals surface area contributed by atoms with Crippen LogP contribution in [0.2, 0.25) is 0 Å². The molecule has 1 atom stereocenters. The lowest BCUT2D eigenvalue weighted by molar-refractivity contribution is 0.584. The first kappa shape index (κ1) is 12.1. The van der Waals surface area contributed by atoms with Crippen molar-refractivity contribution in [3.63, 3.8) is 0 Å². The lowest BCUT2D eigenvalue weighted by Crippen LogP contribution is -2.51. The zero-order chi connectivity index (χ0) is 14.4. The molecule has 0 saturated heterocycles. The highest BCUT2D eigenvalue weighted by Gasteiger charge is 2.33. The van der Waals surface area contributed by atoms with Gasteiger partial charge in [-0.3, -0.25) is 9.78 Å². The quantitative estimate of drug-likeness (QED) is 0.732. The molecule has 4 heteroatoms. The van der Waals surface area contributed by atoms with Crippen LogP contribution in [0.15, 0.2) is 39.9 Å². The van der Waals surface area contributed by atoms with Gasteiger partial charge in [0.2, 0.25) is 0 Å². The minimum atomic E-state index is -0.458. The van der Waals surface area contributed by atoms with Crippen LogP contribution >= 0.6 is 0 Å². The number of hydrogen-bond acceptors (Lipinski definition) is 2. The van der Waals surface area contributed by atoms with E-state index in [1.165, 1.54) is 11.1 Å². The van der Waals surface area contributed by atoms with Gasteiger partial charge in [-0.15, -0.1) is 0 Å². The molecule has 4 nitrogen and oxygen atoms in total. The summed E-state index contributed by atoms with van der Waals surface area (Å²) in [6, 6.07) is 8.27. The molecule has 1 unspecified atom stereocenters. The van der Waals surface area contributed by atoms with E-state index < -0.39 is 5.69 Å². The smallest absolute Gasteiger partial charge is 0.307 e. The van der Waals surface area contributed by atoms with Crippen molar-refractivity contribution in [1.29, 1.82) is 0 Å². The molecule has 1 heterocycles. The first-order chi connectivity index (χ1) is 10.2. The Labute approximate surface area is 120 Å². The lowest BCUT2D eigenvalue weighted by atomic mass is 9.69. The number of fused-ring (bicyclic) bond motifs is 3. The van der Waals surface area contributed by atoms with Crippen LogP contribution in [-0.4, -0.2) is 9.97 Å². The van der Waals surface area contributed by atoms with E-state index in [9.17, 15) is 9.59 Å². The van der Waals surface area contributed by atoms with Gasteiger partial charge in [0.1, 0.15) is 0 Å². The fourth-order valence-corrected chi connectivity index (χ4v) is 3.38. The first-order valence-corrected chi connectivity index (χ1v) is 7.00. The van der Waals surface area contributed by atoms with Crippen molar-refractivity contribution in [2.24, 2.45) is 0 Å². The molecular formula is C17H14N2O2. The Hall–Kier alpha value is -2.62. The number of benzene rings is 1. The highest BCUT2D eigenvalue weighted by atomic mass is 16.2. The fourth-order valence-electron chi connectivity index (χ4n) is 3.38. The van der Waals surface area contributed by atoms with Gasteiger partial charge >= 0.3 is 5.69 Å². The molecule has 4 rings (SSSR count). The maximum absolute atomic E-state index is 11.9. The molecular weight excluding hydrogens is 264 g/mol. The van der Waals surface area contributed by atoms with E-state index in [0.717, 1.165) is 12.8 Å². The van der Waals surface area contributed by atoms with Crippen molar-refractivity contribution in [3.05, 3.63) is 72.9 Å². The van der Waals surface area contributed by atoms with Crippen LogP contribution in [0.4, 0.5) is 0 Å². The molecule has 0 saturated carbocycles. The molecule has 2 aromatic rings. The van der Waals surface area contributed by atoms with Crippen LogP contribution in [0.3, 0.4) is 0 Å². The predicted octanol–water partition coefficient (Wildman–Crippen LogP) is 0.383. The van der Waals surface area contributed by atoms with Crippen LogP contribution in [0, 0.1) is 0 Å². The number of rotatable bonds is 0. The molecule has 1 aromatic carbocycles. The van der Waals surface area contributed by atoms with E-state index in [2.05, 4.69) is 34.3 Å². The van der Waals surface area contributed by atoms with Crippen LogP contribution < -0.4 is 21.8 Å². The van der Waals surface area contributed by atoms with Crippen molar-refractivity contribution in [1.82, 2.24) is 9.97 Å². The van der Waals surface area contributed by atoms with Gasteiger partial charge in [-0.25, -0.2) is 4.79 Å². The number of hydrogen-bond donors (Lipinski definition) is 2. The Kier molecular flexibility index (Phi) is 2.42. The van der Waals surface area contributed by atoms with Crippen LogP contribution in [0.5, 0.6) is 0 Å². The fraction of sp³-hybridized carbons (Fsp3) is 0.176. The standard InChI is InChI=1S/C17H14N2O2/c20-15-12-7-9-17(10-14(12)18-16(21)19-15)8-3-5-11-4-1-2-6-13(11)17/h1-7,10H,8-9H2,(H2,18,19,20,21). The molecule has 0 amide bonds. The molecule has 104 valence electrons. The highest BCUT2D eigenvalue weighted by Crippen LogP contribution is 2.40. The third kappa shape index (κ3) is 1.76. The second-order valence-corrected chi connectivity index (χ2v) is 5.64. The second kappa shape index (κ2) is 4.19. The van der Waals surface area contributed by atoms with E-state index in [1.54, 1.807) is 0 Å². The summed E-state index contributed by atoms with van der Waals surface area (Å²) in [6.45, 7) is 0. The SMILES string of the molecule is O=c1[nH]c(=O)c2c([nH]1)=CC1(CC=Cc3ccccc31)CC=2. The number of aromatic nitrogens is 2. The largest absolute Gasteiger partial charge is 0.326 e. The summed E-state index contributed by atoms with van der Waals surface area (Å²) in [5.74, 6) is 0. The Bertz CT molecular complexity index is 994. The summed E-state index contributed by atoms with van der Waals surface area (Å²) in [6.07, 6.45) is 9.89. The summed E-state index contributed by atoms with van der Waals surface area (Å²) < 4.78 is 0. The molecule has 1 aromatic heterocycles. The minimum absolute atomic E-state index is 0.172. The summed E-state index contributed by atoms with van der Waals surface area (Å²) in [5, 5.41) is 1.19. The average molecular weight is 278 g/mol. The summed E-state index contributed by atoms with van der Waals surface area (Å²) in [7, 11) is 0. The second-order valence-electron chi connectivity index (χ2n) is 5.64. The van der Waals surface area contributed by atoms with Crippen molar-refractivity contribution in [2.45, 2.75) is 18.3 Å². The molecule has 0 aliphatic heterocycles. The van der Waals surface area contributed by atoms with Gasteiger partial charge in [-0.2, -0.15) is 0 Å². The molecule has 0 fully saturated rings. The zero-order valence-electron chi connectivity index (χ0n) is 11.3. The van der Waals surface area contributed by atoms with Crippen molar-refractivity contribution < 1.29 is 0 Å². The van der Waals surface area contributed by atoms with E-state index in [4.69, 9.17) is 0 Å². The molecule has 2 aliphatic rings. The van der Waals surface area contributed by atoms with Gasteiger partial charge in [-0.1, -0.05) is 42.5 Å². The number of aromatic amines is 2. The first-order valence-electron chi connectivity index (χ1n) is 7.00. The number of nitrogens with one attached hydrogen (secondary N) is 2. The summed E-state index contributed by atoms with van der Waals surface area (Å²) in [4.78, 5) is 28.4.